The van der Waals surface area contributed by atoms with Crippen molar-refractivity contribution in [2.45, 2.75) is 120 Å². The number of hydrogen-bond acceptors (Lipinski definition) is 14. The maximum atomic E-state index is 14.5. The molecule has 0 saturated carbocycles. The zero-order valence-electron chi connectivity index (χ0n) is 33.2. The number of carbonyl (C=O) groups is 4. The number of hydrogen-bond donors (Lipinski definition) is 0. The zero-order valence-corrected chi connectivity index (χ0v) is 33.2. The lowest BCUT2D eigenvalue weighted by Crippen LogP contribution is -2.70. The fourth-order valence-corrected chi connectivity index (χ4v) is 8.44. The molecule has 4 fully saturated rings. The molecule has 308 valence electrons. The number of imide groups is 1. The molecule has 0 spiro atoms. The summed E-state index contributed by atoms with van der Waals surface area (Å²) in [5.74, 6) is -6.27. The lowest BCUT2D eigenvalue weighted by Gasteiger charge is -2.49. The summed E-state index contributed by atoms with van der Waals surface area (Å²) in [4.78, 5) is 58.0. The highest BCUT2D eigenvalue weighted by molar-refractivity contribution is 6.21. The highest BCUT2D eigenvalue weighted by Gasteiger charge is 2.65. The fraction of sp³-hybridized carbons (Fsp3) is 0.488. The lowest BCUT2D eigenvalue weighted by atomic mass is 9.86. The Labute approximate surface area is 335 Å². The van der Waals surface area contributed by atoms with Crippen molar-refractivity contribution in [3.05, 3.63) is 107 Å². The minimum atomic E-state index is -1.58. The summed E-state index contributed by atoms with van der Waals surface area (Å²) in [5.41, 5.74) is 0.604. The highest BCUT2D eigenvalue weighted by atomic mass is 16.8. The smallest absolute Gasteiger partial charge is 0.338 e. The van der Waals surface area contributed by atoms with Crippen molar-refractivity contribution in [1.82, 2.24) is 4.90 Å². The van der Waals surface area contributed by atoms with Crippen LogP contribution in [0.15, 0.2) is 84.9 Å². The average molecular weight is 802 g/mol. The van der Waals surface area contributed by atoms with Gasteiger partial charge in [0.25, 0.3) is 11.8 Å². The van der Waals surface area contributed by atoms with E-state index in [-0.39, 0.29) is 28.9 Å². The summed E-state index contributed by atoms with van der Waals surface area (Å²) in [7, 11) is 1.34. The van der Waals surface area contributed by atoms with Gasteiger partial charge in [0.1, 0.15) is 42.7 Å². The van der Waals surface area contributed by atoms with Gasteiger partial charge in [-0.15, -0.1) is 0 Å². The predicted molar refractivity (Wildman–Crippen MR) is 200 cm³/mol. The van der Waals surface area contributed by atoms with Gasteiger partial charge in [0.05, 0.1) is 28.9 Å². The van der Waals surface area contributed by atoms with Gasteiger partial charge in [0, 0.05) is 7.11 Å². The maximum absolute atomic E-state index is 14.5. The predicted octanol–water partition coefficient (Wildman–Crippen LogP) is 4.67. The summed E-state index contributed by atoms with van der Waals surface area (Å²) in [6.45, 7) is 10.7. The van der Waals surface area contributed by atoms with Crippen molar-refractivity contribution in [2.75, 3.05) is 13.7 Å². The Balaban J connectivity index is 1.26. The van der Waals surface area contributed by atoms with Gasteiger partial charge in [0.2, 0.25) is 0 Å². The highest BCUT2D eigenvalue weighted by Crippen LogP contribution is 2.46. The van der Waals surface area contributed by atoms with E-state index < -0.39 is 102 Å². The van der Waals surface area contributed by atoms with E-state index in [1.54, 1.807) is 114 Å². The van der Waals surface area contributed by atoms with Crippen LogP contribution in [0.5, 0.6) is 0 Å². The molecular weight excluding hydrogens is 754 g/mol. The van der Waals surface area contributed by atoms with Crippen molar-refractivity contribution < 1.29 is 66.5 Å². The van der Waals surface area contributed by atoms with Crippen molar-refractivity contribution in [3.63, 3.8) is 0 Å². The average Bonchev–Trinajstić information content (AvgIpc) is 3.91. The Morgan fingerprint density at radius 3 is 1.52 bits per heavy atom. The molecule has 5 aliphatic rings. The third kappa shape index (κ3) is 7.57. The standard InChI is InChI=1S/C43H47NO14/c1-41(2)50-22-27(54-41)29-32(56-42(3,4)55-29)34-33(57-43(5,6)58-34)30-28(44-36(45)25-20-14-15-21-26(25)37(44)46)31(51-38(47)23-16-10-8-11-17-23)35(40(49-7)53-30)52-39(48)24-18-12-9-13-19-24/h8-21,27-35,40H,22H2,1-7H3/t27-,28-,29-,30-,31+,32+,33+,34+,35-,40-/m1/s1. The summed E-state index contributed by atoms with van der Waals surface area (Å²) in [6, 6.07) is 21.2. The quantitative estimate of drug-likeness (QED) is 0.217. The van der Waals surface area contributed by atoms with Crippen LogP contribution in [0.1, 0.15) is 83.0 Å². The Morgan fingerprint density at radius 2 is 1.03 bits per heavy atom. The molecule has 8 rings (SSSR count). The summed E-state index contributed by atoms with van der Waals surface area (Å²) in [6.07, 6.45) is -10.3. The molecule has 58 heavy (non-hydrogen) atoms. The molecule has 15 heteroatoms. The van der Waals surface area contributed by atoms with Gasteiger partial charge < -0.3 is 47.4 Å². The first-order valence-corrected chi connectivity index (χ1v) is 19.3. The van der Waals surface area contributed by atoms with Crippen LogP contribution in [-0.4, -0.2) is 121 Å². The molecule has 5 heterocycles. The van der Waals surface area contributed by atoms with Crippen LogP contribution in [0.25, 0.3) is 0 Å². The van der Waals surface area contributed by atoms with Crippen LogP contribution < -0.4 is 0 Å². The number of esters is 2. The lowest BCUT2D eigenvalue weighted by molar-refractivity contribution is -0.292. The van der Waals surface area contributed by atoms with Gasteiger partial charge >= 0.3 is 11.9 Å². The minimum Gasteiger partial charge on any atom is -0.452 e. The SMILES string of the molecule is CO[C@@H]1O[C@@H]([C@@H]2OC(C)(C)O[C@H]2[C@H]2OC(C)(C)O[C@@H]2[C@H]2COC(C)(C)O2)[C@@H](N2C(=O)c3ccccc3C2=O)[C@H](OC(=O)c2ccccc2)[C@H]1OC(=O)c1ccccc1. The molecule has 0 unspecified atom stereocenters. The maximum Gasteiger partial charge on any atom is 0.338 e. The van der Waals surface area contributed by atoms with Crippen LogP contribution in [0.2, 0.25) is 0 Å². The molecular formula is C43H47NO14. The van der Waals surface area contributed by atoms with E-state index in [1.807, 2.05) is 0 Å². The van der Waals surface area contributed by atoms with E-state index in [0.717, 1.165) is 4.90 Å². The molecule has 0 N–H and O–H groups in total. The first kappa shape index (κ1) is 40.2. The fourth-order valence-electron chi connectivity index (χ4n) is 8.44. The molecule has 0 aliphatic carbocycles. The van der Waals surface area contributed by atoms with Crippen molar-refractivity contribution >= 4 is 23.8 Å². The van der Waals surface area contributed by atoms with Crippen LogP contribution in [-0.2, 0) is 47.4 Å². The number of ether oxygens (including phenoxy) is 10. The van der Waals surface area contributed by atoms with Gasteiger partial charge in [-0.2, -0.15) is 0 Å². The molecule has 3 aromatic carbocycles. The number of amides is 2. The summed E-state index contributed by atoms with van der Waals surface area (Å²) < 4.78 is 63.6. The van der Waals surface area contributed by atoms with Gasteiger partial charge in [-0.3, -0.25) is 14.5 Å². The van der Waals surface area contributed by atoms with E-state index >= 15 is 0 Å². The van der Waals surface area contributed by atoms with Gasteiger partial charge in [-0.25, -0.2) is 9.59 Å². The molecule has 0 aromatic heterocycles. The molecule has 5 aliphatic heterocycles. The van der Waals surface area contributed by atoms with E-state index in [0.29, 0.717) is 0 Å². The van der Waals surface area contributed by atoms with Crippen LogP contribution in [0.4, 0.5) is 0 Å². The van der Waals surface area contributed by atoms with Crippen molar-refractivity contribution in [3.8, 4) is 0 Å². The largest absolute Gasteiger partial charge is 0.452 e. The molecule has 2 amide bonds. The third-order valence-corrected chi connectivity index (χ3v) is 10.8. The Hall–Kier alpha value is -4.58. The Kier molecular flexibility index (Phi) is 10.6. The molecule has 0 bridgehead atoms. The Morgan fingerprint density at radius 1 is 0.586 bits per heavy atom. The van der Waals surface area contributed by atoms with Gasteiger partial charge in [-0.05, 0) is 77.9 Å². The van der Waals surface area contributed by atoms with Gasteiger partial charge in [0.15, 0.2) is 35.9 Å². The van der Waals surface area contributed by atoms with E-state index in [1.165, 1.54) is 19.2 Å². The van der Waals surface area contributed by atoms with Crippen LogP contribution >= 0.6 is 0 Å². The minimum absolute atomic E-state index is 0.127. The van der Waals surface area contributed by atoms with Crippen molar-refractivity contribution in [1.29, 1.82) is 0 Å². The first-order valence-electron chi connectivity index (χ1n) is 19.3. The molecule has 3 aromatic rings. The molecule has 15 nitrogen and oxygen atoms in total. The Bertz CT molecular complexity index is 2000. The number of rotatable bonds is 9. The van der Waals surface area contributed by atoms with Crippen LogP contribution in [0.3, 0.4) is 0 Å². The van der Waals surface area contributed by atoms with E-state index in [4.69, 9.17) is 47.4 Å². The second kappa shape index (κ2) is 15.2. The topological polar surface area (TPSA) is 164 Å². The van der Waals surface area contributed by atoms with Gasteiger partial charge in [-0.1, -0.05) is 48.5 Å². The molecule has 4 saturated heterocycles. The number of methoxy groups -OCH3 is 1. The van der Waals surface area contributed by atoms with Crippen LogP contribution in [0, 0.1) is 0 Å². The number of fused-ring (bicyclic) bond motifs is 1. The monoisotopic (exact) mass is 801 g/mol. The molecule has 10 atom stereocenters. The van der Waals surface area contributed by atoms with Crippen molar-refractivity contribution in [2.24, 2.45) is 0 Å². The number of nitrogens with zero attached hydrogens (tertiary/aromatic N) is 1. The third-order valence-electron chi connectivity index (χ3n) is 10.8. The molecule has 0 radical (unpaired) electrons. The normalized spacial score (nSPS) is 33.5. The van der Waals surface area contributed by atoms with E-state index in [2.05, 4.69) is 0 Å². The van der Waals surface area contributed by atoms with E-state index in [9.17, 15) is 19.2 Å². The summed E-state index contributed by atoms with van der Waals surface area (Å²) in [5, 5.41) is 0. The second-order valence-electron chi connectivity index (χ2n) is 16.2. The number of carbonyl (C=O) groups excluding carboxylic acids is 4. The second-order valence-corrected chi connectivity index (χ2v) is 16.2. The first-order chi connectivity index (χ1) is 27.6. The zero-order chi connectivity index (χ0) is 41.1. The summed E-state index contributed by atoms with van der Waals surface area (Å²) >= 11 is 0. The number of benzene rings is 3.